The second kappa shape index (κ2) is 6.65. The Hall–Kier alpha value is -1.44. The van der Waals surface area contributed by atoms with Gasteiger partial charge in [-0.15, -0.1) is 0 Å². The van der Waals surface area contributed by atoms with Crippen LogP contribution in [0.15, 0.2) is 18.2 Å². The minimum Gasteiger partial charge on any atom is -0.316 e. The lowest BCUT2D eigenvalue weighted by Crippen LogP contribution is -2.36. The zero-order chi connectivity index (χ0) is 13.7. The number of benzene rings is 1. The lowest BCUT2D eigenvalue weighted by molar-refractivity contribution is 0.237. The van der Waals surface area contributed by atoms with E-state index in [1.165, 1.54) is 18.9 Å². The number of nitriles is 1. The Kier molecular flexibility index (Phi) is 4.89. The summed E-state index contributed by atoms with van der Waals surface area (Å²) in [6.07, 6.45) is 2.51. The fourth-order valence-corrected chi connectivity index (χ4v) is 2.65. The fraction of sp³-hybridized carbons (Fsp3) is 0.533. The van der Waals surface area contributed by atoms with Gasteiger partial charge in [0.1, 0.15) is 11.9 Å². The van der Waals surface area contributed by atoms with E-state index in [0.29, 0.717) is 5.92 Å². The highest BCUT2D eigenvalue weighted by Crippen LogP contribution is 2.14. The van der Waals surface area contributed by atoms with E-state index in [2.05, 4.69) is 17.3 Å². The maximum absolute atomic E-state index is 13.2. The molecule has 102 valence electrons. The molecule has 0 saturated carbocycles. The number of piperidine rings is 1. The molecule has 3 nitrogen and oxygen atoms in total. The number of rotatable bonds is 4. The normalized spacial score (nSPS) is 19.4. The van der Waals surface area contributed by atoms with E-state index in [0.717, 1.165) is 31.7 Å². The molecule has 1 unspecified atom stereocenters. The zero-order valence-electron chi connectivity index (χ0n) is 11.3. The summed E-state index contributed by atoms with van der Waals surface area (Å²) >= 11 is 0. The molecule has 1 aliphatic rings. The van der Waals surface area contributed by atoms with Crippen molar-refractivity contribution in [3.8, 4) is 6.07 Å². The van der Waals surface area contributed by atoms with E-state index >= 15 is 0 Å². The lowest BCUT2D eigenvalue weighted by Gasteiger charge is -2.27. The van der Waals surface area contributed by atoms with Gasteiger partial charge in [0, 0.05) is 13.1 Å². The quantitative estimate of drug-likeness (QED) is 0.902. The topological polar surface area (TPSA) is 39.1 Å². The largest absolute Gasteiger partial charge is 0.316 e. The molecule has 1 fully saturated rings. The summed E-state index contributed by atoms with van der Waals surface area (Å²) < 4.78 is 13.2. The van der Waals surface area contributed by atoms with Gasteiger partial charge in [-0.05, 0) is 56.6 Å². The molecule has 0 radical (unpaired) electrons. The predicted octanol–water partition coefficient (Wildman–Crippen LogP) is 2.13. The van der Waals surface area contributed by atoms with Gasteiger partial charge in [-0.25, -0.2) is 4.39 Å². The van der Waals surface area contributed by atoms with E-state index in [-0.39, 0.29) is 5.56 Å². The Morgan fingerprint density at radius 3 is 3.05 bits per heavy atom. The van der Waals surface area contributed by atoms with Crippen LogP contribution < -0.4 is 5.32 Å². The van der Waals surface area contributed by atoms with E-state index in [1.807, 2.05) is 6.07 Å². The summed E-state index contributed by atoms with van der Waals surface area (Å²) in [7, 11) is 2.07. The molecule has 2 rings (SSSR count). The van der Waals surface area contributed by atoms with Crippen LogP contribution in [0, 0.1) is 23.1 Å². The molecule has 0 aromatic heterocycles. The van der Waals surface area contributed by atoms with Gasteiger partial charge in [0.2, 0.25) is 0 Å². The van der Waals surface area contributed by atoms with E-state index in [1.54, 1.807) is 12.1 Å². The van der Waals surface area contributed by atoms with Crippen molar-refractivity contribution < 1.29 is 4.39 Å². The summed E-state index contributed by atoms with van der Waals surface area (Å²) in [4.78, 5) is 2.24. The van der Waals surface area contributed by atoms with Gasteiger partial charge in [-0.3, -0.25) is 0 Å². The highest BCUT2D eigenvalue weighted by molar-refractivity contribution is 5.34. The van der Waals surface area contributed by atoms with Crippen LogP contribution in [-0.4, -0.2) is 31.6 Å². The van der Waals surface area contributed by atoms with Crippen molar-refractivity contribution in [2.45, 2.75) is 19.4 Å². The van der Waals surface area contributed by atoms with Gasteiger partial charge in [0.25, 0.3) is 0 Å². The molecule has 1 aromatic rings. The Balaban J connectivity index is 1.91. The molecule has 1 aliphatic heterocycles. The van der Waals surface area contributed by atoms with Crippen LogP contribution >= 0.6 is 0 Å². The van der Waals surface area contributed by atoms with Gasteiger partial charge in [-0.1, -0.05) is 6.07 Å². The van der Waals surface area contributed by atoms with Crippen molar-refractivity contribution in [2.75, 3.05) is 26.7 Å². The zero-order valence-corrected chi connectivity index (χ0v) is 11.3. The molecular weight excluding hydrogens is 241 g/mol. The van der Waals surface area contributed by atoms with Crippen LogP contribution in [0.3, 0.4) is 0 Å². The summed E-state index contributed by atoms with van der Waals surface area (Å²) in [6, 6.07) is 6.67. The van der Waals surface area contributed by atoms with Crippen LogP contribution in [0.5, 0.6) is 0 Å². The monoisotopic (exact) mass is 261 g/mol. The Morgan fingerprint density at radius 2 is 2.37 bits per heavy atom. The average Bonchev–Trinajstić information content (AvgIpc) is 2.42. The van der Waals surface area contributed by atoms with Crippen molar-refractivity contribution in [3.05, 3.63) is 35.1 Å². The molecule has 0 aliphatic carbocycles. The van der Waals surface area contributed by atoms with Crippen LogP contribution in [0.4, 0.5) is 4.39 Å². The standard InChI is InChI=1S/C15H20FN3/c1-19(11-13-3-2-6-18-9-13)10-12-4-5-15(16)14(7-12)8-17/h4-5,7,13,18H,2-3,6,9-11H2,1H3. The van der Waals surface area contributed by atoms with Crippen LogP contribution in [0.1, 0.15) is 24.0 Å². The molecule has 1 aromatic carbocycles. The Bertz CT molecular complexity index is 461. The molecule has 19 heavy (non-hydrogen) atoms. The molecule has 1 heterocycles. The van der Waals surface area contributed by atoms with Crippen LogP contribution in [0.2, 0.25) is 0 Å². The maximum Gasteiger partial charge on any atom is 0.140 e. The third kappa shape index (κ3) is 4.02. The average molecular weight is 261 g/mol. The molecule has 1 saturated heterocycles. The second-order valence-electron chi connectivity index (χ2n) is 5.34. The number of nitrogens with zero attached hydrogens (tertiary/aromatic N) is 2. The molecule has 0 bridgehead atoms. The minimum absolute atomic E-state index is 0.130. The highest BCUT2D eigenvalue weighted by Gasteiger charge is 2.15. The van der Waals surface area contributed by atoms with Crippen molar-refractivity contribution in [3.63, 3.8) is 0 Å². The van der Waals surface area contributed by atoms with Crippen LogP contribution in [-0.2, 0) is 6.54 Å². The van der Waals surface area contributed by atoms with E-state index in [4.69, 9.17) is 5.26 Å². The molecular formula is C15H20FN3. The van der Waals surface area contributed by atoms with Crippen molar-refractivity contribution in [1.29, 1.82) is 5.26 Å². The third-order valence-corrected chi connectivity index (χ3v) is 3.57. The third-order valence-electron chi connectivity index (χ3n) is 3.57. The first-order valence-electron chi connectivity index (χ1n) is 6.77. The van der Waals surface area contributed by atoms with Crippen molar-refractivity contribution in [2.24, 2.45) is 5.92 Å². The van der Waals surface area contributed by atoms with Gasteiger partial charge >= 0.3 is 0 Å². The first kappa shape index (κ1) is 14.0. The Morgan fingerprint density at radius 1 is 1.53 bits per heavy atom. The summed E-state index contributed by atoms with van der Waals surface area (Å²) in [6.45, 7) is 4.00. The number of halogens is 1. The number of hydrogen-bond donors (Lipinski definition) is 1. The summed E-state index contributed by atoms with van der Waals surface area (Å²) in [5.41, 5.74) is 1.12. The minimum atomic E-state index is -0.439. The van der Waals surface area contributed by atoms with Gasteiger partial charge in [-0.2, -0.15) is 5.26 Å². The first-order valence-corrected chi connectivity index (χ1v) is 6.77. The molecule has 1 N–H and O–H groups in total. The maximum atomic E-state index is 13.2. The number of hydrogen-bond acceptors (Lipinski definition) is 3. The first-order chi connectivity index (χ1) is 9.19. The van der Waals surface area contributed by atoms with Crippen molar-refractivity contribution >= 4 is 0 Å². The smallest absolute Gasteiger partial charge is 0.140 e. The molecule has 0 spiro atoms. The van der Waals surface area contributed by atoms with E-state index < -0.39 is 5.82 Å². The van der Waals surface area contributed by atoms with Crippen molar-refractivity contribution in [1.82, 2.24) is 10.2 Å². The SMILES string of the molecule is CN(Cc1ccc(F)c(C#N)c1)CC1CCCNC1. The van der Waals surface area contributed by atoms with Gasteiger partial charge in [0.05, 0.1) is 5.56 Å². The summed E-state index contributed by atoms with van der Waals surface area (Å²) in [5.74, 6) is 0.250. The van der Waals surface area contributed by atoms with E-state index in [9.17, 15) is 4.39 Å². The number of nitrogens with one attached hydrogen (secondary N) is 1. The van der Waals surface area contributed by atoms with Crippen LogP contribution in [0.25, 0.3) is 0 Å². The second-order valence-corrected chi connectivity index (χ2v) is 5.34. The van der Waals surface area contributed by atoms with Gasteiger partial charge < -0.3 is 10.2 Å². The predicted molar refractivity (Wildman–Crippen MR) is 73.0 cm³/mol. The fourth-order valence-electron chi connectivity index (χ4n) is 2.65. The molecule has 0 amide bonds. The highest BCUT2D eigenvalue weighted by atomic mass is 19.1. The molecule has 4 heteroatoms. The molecule has 1 atom stereocenters. The Labute approximate surface area is 114 Å². The summed E-state index contributed by atoms with van der Waals surface area (Å²) in [5, 5.41) is 12.2. The van der Waals surface area contributed by atoms with Gasteiger partial charge in [0.15, 0.2) is 0 Å². The lowest BCUT2D eigenvalue weighted by atomic mass is 9.99.